The van der Waals surface area contributed by atoms with E-state index in [9.17, 15) is 13.2 Å². The van der Waals surface area contributed by atoms with Crippen molar-refractivity contribution < 1.29 is 13.2 Å². The molecule has 6 nitrogen and oxygen atoms in total. The third-order valence-electron chi connectivity index (χ3n) is 5.11. The van der Waals surface area contributed by atoms with Gasteiger partial charge in [0.2, 0.25) is 15.9 Å². The van der Waals surface area contributed by atoms with Crippen molar-refractivity contribution in [1.29, 1.82) is 0 Å². The number of nitrogens with zero attached hydrogens (tertiary/aromatic N) is 3. The summed E-state index contributed by atoms with van der Waals surface area (Å²) in [6.45, 7) is 1.73. The van der Waals surface area contributed by atoms with Crippen LogP contribution in [0.1, 0.15) is 36.6 Å². The average Bonchev–Trinajstić information content (AvgIpc) is 3.34. The van der Waals surface area contributed by atoms with Crippen LogP contribution in [-0.2, 0) is 14.8 Å². The summed E-state index contributed by atoms with van der Waals surface area (Å²) in [5, 5.41) is 3.06. The standard InChI is InChI=1S/C18H21N3O3S2/c22-17-2-1-10-21(17)15-3-5-16(6-4-15)26(23,24)20-11-7-14(8-12-20)18-19-9-13-25-18/h3-6,9,13-14H,1-2,7-8,10-12H2. The Hall–Kier alpha value is -1.77. The molecule has 4 rings (SSSR count). The van der Waals surface area contributed by atoms with Gasteiger partial charge in [-0.05, 0) is 43.5 Å². The smallest absolute Gasteiger partial charge is 0.243 e. The fraction of sp³-hybridized carbons (Fsp3) is 0.444. The van der Waals surface area contributed by atoms with E-state index >= 15 is 0 Å². The van der Waals surface area contributed by atoms with E-state index in [0.29, 0.717) is 36.9 Å². The van der Waals surface area contributed by atoms with Crippen molar-refractivity contribution >= 4 is 33.0 Å². The van der Waals surface area contributed by atoms with Crippen LogP contribution in [0.2, 0.25) is 0 Å². The molecule has 3 heterocycles. The van der Waals surface area contributed by atoms with Crippen molar-refractivity contribution in [3.63, 3.8) is 0 Å². The summed E-state index contributed by atoms with van der Waals surface area (Å²) in [4.78, 5) is 18.2. The number of sulfonamides is 1. The van der Waals surface area contributed by atoms with Gasteiger partial charge in [0.1, 0.15) is 0 Å². The highest BCUT2D eigenvalue weighted by atomic mass is 32.2. The van der Waals surface area contributed by atoms with Crippen LogP contribution in [0.25, 0.3) is 0 Å². The zero-order valence-corrected chi connectivity index (χ0v) is 16.0. The molecule has 0 spiro atoms. The monoisotopic (exact) mass is 391 g/mol. The lowest BCUT2D eigenvalue weighted by Gasteiger charge is -2.30. The number of hydrogen-bond donors (Lipinski definition) is 0. The van der Waals surface area contributed by atoms with Gasteiger partial charge in [0, 0.05) is 49.2 Å². The molecule has 2 aliphatic rings. The van der Waals surface area contributed by atoms with E-state index in [0.717, 1.165) is 30.0 Å². The highest BCUT2D eigenvalue weighted by Crippen LogP contribution is 2.32. The number of amides is 1. The van der Waals surface area contributed by atoms with Crippen molar-refractivity contribution in [3.05, 3.63) is 40.8 Å². The summed E-state index contributed by atoms with van der Waals surface area (Å²) in [5.41, 5.74) is 0.772. The normalized spacial score (nSPS) is 20.0. The molecule has 0 saturated carbocycles. The lowest BCUT2D eigenvalue weighted by molar-refractivity contribution is -0.117. The maximum Gasteiger partial charge on any atom is 0.243 e. The van der Waals surface area contributed by atoms with Gasteiger partial charge in [-0.1, -0.05) is 0 Å². The quantitative estimate of drug-likeness (QED) is 0.804. The lowest BCUT2D eigenvalue weighted by atomic mass is 9.99. The molecule has 1 aromatic heterocycles. The number of piperidine rings is 1. The van der Waals surface area contributed by atoms with E-state index in [1.165, 1.54) is 0 Å². The van der Waals surface area contributed by atoms with Crippen LogP contribution < -0.4 is 4.90 Å². The van der Waals surface area contributed by atoms with Gasteiger partial charge in [-0.2, -0.15) is 4.31 Å². The summed E-state index contributed by atoms with van der Waals surface area (Å²) in [6.07, 6.45) is 4.82. The van der Waals surface area contributed by atoms with Crippen molar-refractivity contribution in [2.45, 2.75) is 36.5 Å². The first-order valence-electron chi connectivity index (χ1n) is 8.86. The zero-order chi connectivity index (χ0) is 18.1. The lowest BCUT2D eigenvalue weighted by Crippen LogP contribution is -2.37. The van der Waals surface area contributed by atoms with Gasteiger partial charge in [0.15, 0.2) is 0 Å². The second-order valence-electron chi connectivity index (χ2n) is 6.69. The summed E-state index contributed by atoms with van der Waals surface area (Å²) in [7, 11) is -3.50. The molecule has 2 fully saturated rings. The second kappa shape index (κ2) is 7.09. The van der Waals surface area contributed by atoms with Crippen molar-refractivity contribution in [1.82, 2.24) is 9.29 Å². The molecule has 0 N–H and O–H groups in total. The number of rotatable bonds is 4. The van der Waals surface area contributed by atoms with E-state index in [-0.39, 0.29) is 5.91 Å². The SMILES string of the molecule is O=C1CCCN1c1ccc(S(=O)(=O)N2CCC(c3nccs3)CC2)cc1. The molecule has 1 aromatic carbocycles. The maximum atomic E-state index is 12.9. The molecule has 0 radical (unpaired) electrons. The number of carbonyl (C=O) groups is 1. The first kappa shape index (κ1) is 17.6. The van der Waals surface area contributed by atoms with Gasteiger partial charge >= 0.3 is 0 Å². The molecule has 0 unspecified atom stereocenters. The number of anilines is 1. The fourth-order valence-corrected chi connectivity index (χ4v) is 5.93. The molecule has 1 amide bonds. The van der Waals surface area contributed by atoms with Crippen LogP contribution in [0, 0.1) is 0 Å². The third-order valence-corrected chi connectivity index (χ3v) is 7.97. The molecular formula is C18H21N3O3S2. The van der Waals surface area contributed by atoms with Gasteiger partial charge in [-0.3, -0.25) is 4.79 Å². The van der Waals surface area contributed by atoms with Crippen LogP contribution in [0.3, 0.4) is 0 Å². The van der Waals surface area contributed by atoms with Gasteiger partial charge in [0.05, 0.1) is 9.90 Å². The van der Waals surface area contributed by atoms with Crippen LogP contribution >= 0.6 is 11.3 Å². The third kappa shape index (κ3) is 3.28. The number of thiazole rings is 1. The van der Waals surface area contributed by atoms with Gasteiger partial charge < -0.3 is 4.90 Å². The number of carbonyl (C=O) groups excluding carboxylic acids is 1. The van der Waals surface area contributed by atoms with E-state index in [2.05, 4.69) is 4.98 Å². The van der Waals surface area contributed by atoms with E-state index in [4.69, 9.17) is 0 Å². The maximum absolute atomic E-state index is 12.9. The minimum absolute atomic E-state index is 0.102. The molecule has 0 atom stereocenters. The Labute approximate surface area is 157 Å². The first-order chi connectivity index (χ1) is 12.6. The molecule has 2 aromatic rings. The number of hydrogen-bond acceptors (Lipinski definition) is 5. The Balaban J connectivity index is 1.46. The Morgan fingerprint density at radius 3 is 2.38 bits per heavy atom. The number of aromatic nitrogens is 1. The Kier molecular flexibility index (Phi) is 4.81. The van der Waals surface area contributed by atoms with Crippen LogP contribution in [-0.4, -0.2) is 43.2 Å². The largest absolute Gasteiger partial charge is 0.312 e. The molecule has 2 aliphatic heterocycles. The zero-order valence-electron chi connectivity index (χ0n) is 14.4. The van der Waals surface area contributed by atoms with Crippen LogP contribution in [0.4, 0.5) is 5.69 Å². The summed E-state index contributed by atoms with van der Waals surface area (Å²) in [6, 6.07) is 6.70. The molecule has 0 bridgehead atoms. The molecule has 8 heteroatoms. The molecule has 26 heavy (non-hydrogen) atoms. The van der Waals surface area contributed by atoms with Gasteiger partial charge in [-0.25, -0.2) is 13.4 Å². The van der Waals surface area contributed by atoms with Gasteiger partial charge in [-0.15, -0.1) is 11.3 Å². The highest BCUT2D eigenvalue weighted by molar-refractivity contribution is 7.89. The molecule has 0 aliphatic carbocycles. The predicted molar refractivity (Wildman–Crippen MR) is 101 cm³/mol. The van der Waals surface area contributed by atoms with Gasteiger partial charge in [0.25, 0.3) is 0 Å². The topological polar surface area (TPSA) is 70.6 Å². The molecular weight excluding hydrogens is 370 g/mol. The highest BCUT2D eigenvalue weighted by Gasteiger charge is 2.31. The van der Waals surface area contributed by atoms with E-state index in [1.807, 2.05) is 5.38 Å². The Bertz CT molecular complexity index is 871. The van der Waals surface area contributed by atoms with E-state index in [1.54, 1.807) is 51.0 Å². The second-order valence-corrected chi connectivity index (χ2v) is 9.56. The fourth-order valence-electron chi connectivity index (χ4n) is 3.65. The molecule has 2 saturated heterocycles. The predicted octanol–water partition coefficient (Wildman–Crippen LogP) is 2.84. The summed E-state index contributed by atoms with van der Waals surface area (Å²) in [5.74, 6) is 0.454. The van der Waals surface area contributed by atoms with E-state index < -0.39 is 10.0 Å². The summed E-state index contributed by atoms with van der Waals surface area (Å²) >= 11 is 1.64. The minimum Gasteiger partial charge on any atom is -0.312 e. The first-order valence-corrected chi connectivity index (χ1v) is 11.2. The Morgan fingerprint density at radius 1 is 1.08 bits per heavy atom. The number of benzene rings is 1. The van der Waals surface area contributed by atoms with Crippen molar-refractivity contribution in [3.8, 4) is 0 Å². The van der Waals surface area contributed by atoms with Crippen LogP contribution in [0.15, 0.2) is 40.7 Å². The van der Waals surface area contributed by atoms with Crippen molar-refractivity contribution in [2.24, 2.45) is 0 Å². The average molecular weight is 392 g/mol. The Morgan fingerprint density at radius 2 is 1.81 bits per heavy atom. The molecule has 138 valence electrons. The van der Waals surface area contributed by atoms with Crippen LogP contribution in [0.5, 0.6) is 0 Å². The minimum atomic E-state index is -3.50. The summed E-state index contributed by atoms with van der Waals surface area (Å²) < 4.78 is 27.4. The van der Waals surface area contributed by atoms with Crippen molar-refractivity contribution in [2.75, 3.05) is 24.5 Å².